The third-order valence-corrected chi connectivity index (χ3v) is 2.70. The summed E-state index contributed by atoms with van der Waals surface area (Å²) >= 11 is 3.29. The fourth-order valence-electron chi connectivity index (χ4n) is 1.33. The van der Waals surface area contributed by atoms with Crippen molar-refractivity contribution in [2.75, 3.05) is 0 Å². The van der Waals surface area contributed by atoms with Gasteiger partial charge in [0.25, 0.3) is 5.56 Å². The molecule has 0 saturated heterocycles. The van der Waals surface area contributed by atoms with Gasteiger partial charge in [-0.05, 0) is 18.2 Å². The van der Waals surface area contributed by atoms with Gasteiger partial charge < -0.3 is 5.11 Å². The van der Waals surface area contributed by atoms with Gasteiger partial charge in [0, 0.05) is 10.0 Å². The van der Waals surface area contributed by atoms with Crippen molar-refractivity contribution < 1.29 is 9.90 Å². The van der Waals surface area contributed by atoms with Gasteiger partial charge >= 0.3 is 5.97 Å². The van der Waals surface area contributed by atoms with E-state index in [4.69, 9.17) is 5.11 Å². The number of hydrogen-bond donors (Lipinski definition) is 2. The Morgan fingerprint density at radius 1 is 1.29 bits per heavy atom. The summed E-state index contributed by atoms with van der Waals surface area (Å²) in [5, 5.41) is 14.8. The van der Waals surface area contributed by atoms with Gasteiger partial charge in [-0.25, -0.2) is 9.89 Å². The van der Waals surface area contributed by atoms with E-state index in [0.29, 0.717) is 5.69 Å². The predicted octanol–water partition coefficient (Wildman–Crippen LogP) is 1.90. The quantitative estimate of drug-likeness (QED) is 0.886. The number of nitrogens with zero attached hydrogens (tertiary/aromatic N) is 1. The monoisotopic (exact) mass is 294 g/mol. The molecule has 0 aliphatic rings. The average molecular weight is 295 g/mol. The smallest absolute Gasteiger partial charge is 0.341 e. The molecule has 0 atom stereocenters. The largest absolute Gasteiger partial charge is 0.477 e. The van der Waals surface area contributed by atoms with E-state index in [-0.39, 0.29) is 5.56 Å². The minimum absolute atomic E-state index is 0.321. The zero-order chi connectivity index (χ0) is 12.4. The van der Waals surface area contributed by atoms with Crippen molar-refractivity contribution in [2.45, 2.75) is 0 Å². The molecule has 0 bridgehead atoms. The topological polar surface area (TPSA) is 83.0 Å². The zero-order valence-corrected chi connectivity index (χ0v) is 10.1. The number of aromatic amines is 1. The lowest BCUT2D eigenvalue weighted by molar-refractivity contribution is 0.0694. The Kier molecular flexibility index (Phi) is 3.06. The molecule has 0 aliphatic heterocycles. The molecule has 1 aromatic carbocycles. The van der Waals surface area contributed by atoms with Gasteiger partial charge in [0.15, 0.2) is 0 Å². The highest BCUT2D eigenvalue weighted by atomic mass is 79.9. The van der Waals surface area contributed by atoms with Crippen LogP contribution < -0.4 is 5.56 Å². The van der Waals surface area contributed by atoms with Crippen LogP contribution in [0, 0.1) is 0 Å². The first-order valence-corrected chi connectivity index (χ1v) is 5.46. The van der Waals surface area contributed by atoms with Crippen molar-refractivity contribution in [1.29, 1.82) is 0 Å². The van der Waals surface area contributed by atoms with Gasteiger partial charge in [-0.1, -0.05) is 28.1 Å². The third-order valence-electron chi connectivity index (χ3n) is 2.17. The second-order valence-electron chi connectivity index (χ2n) is 3.31. The van der Waals surface area contributed by atoms with E-state index in [0.717, 1.165) is 10.0 Å². The first-order valence-electron chi connectivity index (χ1n) is 4.67. The van der Waals surface area contributed by atoms with E-state index in [1.807, 2.05) is 12.1 Å². The van der Waals surface area contributed by atoms with E-state index in [1.165, 1.54) is 6.07 Å². The Bertz CT molecular complexity index is 619. The summed E-state index contributed by atoms with van der Waals surface area (Å²) in [5.74, 6) is -1.27. The van der Waals surface area contributed by atoms with E-state index in [1.54, 1.807) is 12.1 Å². The highest BCUT2D eigenvalue weighted by Gasteiger charge is 2.11. The Hall–Kier alpha value is -1.95. The Labute approximate surface area is 104 Å². The number of hydrogen-bond acceptors (Lipinski definition) is 3. The number of H-pyrrole nitrogens is 1. The van der Waals surface area contributed by atoms with Crippen LogP contribution in [0.5, 0.6) is 0 Å². The number of aromatic carboxylic acids is 1. The molecule has 1 heterocycles. The normalized spacial score (nSPS) is 10.2. The summed E-state index contributed by atoms with van der Waals surface area (Å²) in [6.07, 6.45) is 0. The van der Waals surface area contributed by atoms with Crippen LogP contribution in [0.15, 0.2) is 39.6 Å². The molecular formula is C11H7BrN2O3. The lowest BCUT2D eigenvalue weighted by atomic mass is 10.1. The average Bonchev–Trinajstić information content (AvgIpc) is 2.30. The van der Waals surface area contributed by atoms with Crippen LogP contribution in [-0.2, 0) is 0 Å². The highest BCUT2D eigenvalue weighted by molar-refractivity contribution is 9.10. The Balaban J connectivity index is 2.53. The molecule has 0 unspecified atom stereocenters. The van der Waals surface area contributed by atoms with Crippen LogP contribution in [0.4, 0.5) is 0 Å². The molecule has 17 heavy (non-hydrogen) atoms. The van der Waals surface area contributed by atoms with Gasteiger partial charge in [-0.3, -0.25) is 4.79 Å². The first kappa shape index (κ1) is 11.5. The number of carboxylic acid groups (broad SMARTS) is 1. The summed E-state index contributed by atoms with van der Waals surface area (Å²) in [5.41, 5.74) is 0.109. The Morgan fingerprint density at radius 3 is 2.53 bits per heavy atom. The third kappa shape index (κ3) is 2.42. The number of carbonyl (C=O) groups is 1. The summed E-state index contributed by atoms with van der Waals surface area (Å²) in [4.78, 5) is 22.0. The molecule has 0 radical (unpaired) electrons. The number of carboxylic acids is 1. The van der Waals surface area contributed by atoms with Crippen molar-refractivity contribution in [2.24, 2.45) is 0 Å². The predicted molar refractivity (Wildman–Crippen MR) is 65.0 cm³/mol. The van der Waals surface area contributed by atoms with E-state index in [2.05, 4.69) is 26.1 Å². The molecule has 2 aromatic rings. The molecule has 0 aliphatic carbocycles. The molecule has 1 aromatic heterocycles. The van der Waals surface area contributed by atoms with Crippen molar-refractivity contribution in [3.63, 3.8) is 0 Å². The second kappa shape index (κ2) is 4.50. The highest BCUT2D eigenvalue weighted by Crippen LogP contribution is 2.19. The standard InChI is InChI=1S/C11H7BrN2O3/c12-7-3-1-6(2-4-7)9-5-8(11(16)17)10(15)14-13-9/h1-5H,(H,14,15)(H,16,17). The molecule has 0 saturated carbocycles. The van der Waals surface area contributed by atoms with Crippen molar-refractivity contribution in [3.8, 4) is 11.3 Å². The lowest BCUT2D eigenvalue weighted by Crippen LogP contribution is -2.18. The molecular weight excluding hydrogens is 288 g/mol. The fourth-order valence-corrected chi connectivity index (χ4v) is 1.60. The summed E-state index contributed by atoms with van der Waals surface area (Å²) < 4.78 is 0.907. The summed E-state index contributed by atoms with van der Waals surface area (Å²) in [7, 11) is 0. The maximum atomic E-state index is 11.2. The molecule has 0 amide bonds. The first-order chi connectivity index (χ1) is 8.08. The number of nitrogens with one attached hydrogen (secondary N) is 1. The summed E-state index contributed by atoms with van der Waals surface area (Å²) in [6.45, 7) is 0. The van der Waals surface area contributed by atoms with Crippen LogP contribution in [0.3, 0.4) is 0 Å². The fraction of sp³-hybridized carbons (Fsp3) is 0. The number of rotatable bonds is 2. The maximum Gasteiger partial charge on any atom is 0.341 e. The van der Waals surface area contributed by atoms with Crippen LogP contribution >= 0.6 is 15.9 Å². The number of aromatic nitrogens is 2. The van der Waals surface area contributed by atoms with Crippen molar-refractivity contribution in [3.05, 3.63) is 50.7 Å². The van der Waals surface area contributed by atoms with Crippen LogP contribution in [0.2, 0.25) is 0 Å². The van der Waals surface area contributed by atoms with Crippen molar-refractivity contribution in [1.82, 2.24) is 10.2 Å². The van der Waals surface area contributed by atoms with Gasteiger partial charge in [-0.2, -0.15) is 5.10 Å². The van der Waals surface area contributed by atoms with Crippen LogP contribution in [-0.4, -0.2) is 21.3 Å². The maximum absolute atomic E-state index is 11.2. The molecule has 6 heteroatoms. The molecule has 2 N–H and O–H groups in total. The van der Waals surface area contributed by atoms with Crippen LogP contribution in [0.1, 0.15) is 10.4 Å². The molecule has 0 fully saturated rings. The summed E-state index contributed by atoms with van der Waals surface area (Å²) in [6, 6.07) is 8.42. The number of benzene rings is 1. The zero-order valence-electron chi connectivity index (χ0n) is 8.48. The lowest BCUT2D eigenvalue weighted by Gasteiger charge is -2.01. The molecule has 86 valence electrons. The van der Waals surface area contributed by atoms with E-state index >= 15 is 0 Å². The SMILES string of the molecule is O=C(O)c1cc(-c2ccc(Br)cc2)n[nH]c1=O. The molecule has 0 spiro atoms. The van der Waals surface area contributed by atoms with Gasteiger partial charge in [-0.15, -0.1) is 0 Å². The number of halogens is 1. The van der Waals surface area contributed by atoms with Gasteiger partial charge in [0.05, 0.1) is 5.69 Å². The van der Waals surface area contributed by atoms with Gasteiger partial charge in [0.2, 0.25) is 0 Å². The molecule has 2 rings (SSSR count). The van der Waals surface area contributed by atoms with Crippen LogP contribution in [0.25, 0.3) is 11.3 Å². The van der Waals surface area contributed by atoms with E-state index < -0.39 is 11.5 Å². The second-order valence-corrected chi connectivity index (χ2v) is 4.22. The van der Waals surface area contributed by atoms with Gasteiger partial charge in [0.1, 0.15) is 5.56 Å². The minimum Gasteiger partial charge on any atom is -0.477 e. The molecule has 5 nitrogen and oxygen atoms in total. The van der Waals surface area contributed by atoms with E-state index in [9.17, 15) is 9.59 Å². The Morgan fingerprint density at radius 2 is 1.94 bits per heavy atom. The minimum atomic E-state index is -1.27. The van der Waals surface area contributed by atoms with Crippen molar-refractivity contribution >= 4 is 21.9 Å².